The van der Waals surface area contributed by atoms with Crippen molar-refractivity contribution >= 4 is 22.8 Å². The highest BCUT2D eigenvalue weighted by Gasteiger charge is 2.12. The largest absolute Gasteiger partial charge is 0.480 e. The summed E-state index contributed by atoms with van der Waals surface area (Å²) >= 11 is 0. The van der Waals surface area contributed by atoms with Gasteiger partial charge in [0.1, 0.15) is 12.1 Å². The summed E-state index contributed by atoms with van der Waals surface area (Å²) in [5.74, 6) is -1.87. The van der Waals surface area contributed by atoms with Crippen LogP contribution in [-0.2, 0) is 4.79 Å². The normalized spacial score (nSPS) is 10.2. The summed E-state index contributed by atoms with van der Waals surface area (Å²) in [4.78, 5) is 36.2. The number of amides is 1. The number of pyridine rings is 1. The molecule has 3 N–H and O–H groups in total. The molecule has 18 heavy (non-hydrogen) atoms. The molecule has 0 radical (unpaired) electrons. The van der Waals surface area contributed by atoms with E-state index >= 15 is 0 Å². The predicted molar refractivity (Wildman–Crippen MR) is 64.5 cm³/mol. The standard InChI is InChI=1S/C12H10N2O4/c15-10(16)6-13-11(17)8-5-7-3-1-2-4-9(7)14-12(8)18/h1-5H,6H2,(H,13,17)(H,14,18)(H,15,16). The number of nitrogens with one attached hydrogen (secondary N) is 2. The highest BCUT2D eigenvalue weighted by atomic mass is 16.4. The maximum atomic E-state index is 11.7. The van der Waals surface area contributed by atoms with Crippen LogP contribution in [0.4, 0.5) is 0 Å². The van der Waals surface area contributed by atoms with Crippen molar-refractivity contribution in [1.29, 1.82) is 0 Å². The third kappa shape index (κ3) is 2.37. The van der Waals surface area contributed by atoms with E-state index in [1.54, 1.807) is 24.3 Å². The summed E-state index contributed by atoms with van der Waals surface area (Å²) in [6.07, 6.45) is 0. The maximum absolute atomic E-state index is 11.7. The average molecular weight is 246 g/mol. The van der Waals surface area contributed by atoms with Gasteiger partial charge in [0.2, 0.25) is 0 Å². The number of fused-ring (bicyclic) bond motifs is 1. The molecule has 0 fully saturated rings. The zero-order valence-corrected chi connectivity index (χ0v) is 9.27. The third-order valence-corrected chi connectivity index (χ3v) is 2.40. The van der Waals surface area contributed by atoms with E-state index in [-0.39, 0.29) is 5.56 Å². The molecule has 1 aromatic carbocycles. The van der Waals surface area contributed by atoms with E-state index in [1.807, 2.05) is 0 Å². The number of carboxylic acid groups (broad SMARTS) is 1. The molecule has 6 nitrogen and oxygen atoms in total. The van der Waals surface area contributed by atoms with Crippen LogP contribution >= 0.6 is 0 Å². The van der Waals surface area contributed by atoms with Gasteiger partial charge in [-0.05, 0) is 17.5 Å². The van der Waals surface area contributed by atoms with Gasteiger partial charge in [-0.25, -0.2) is 0 Å². The first-order valence-electron chi connectivity index (χ1n) is 5.20. The van der Waals surface area contributed by atoms with Crippen molar-refractivity contribution < 1.29 is 14.7 Å². The monoisotopic (exact) mass is 246 g/mol. The first-order chi connectivity index (χ1) is 8.58. The minimum atomic E-state index is -1.17. The van der Waals surface area contributed by atoms with Crippen LogP contribution in [0.15, 0.2) is 35.1 Å². The van der Waals surface area contributed by atoms with Crippen LogP contribution in [0.25, 0.3) is 10.9 Å². The molecule has 0 atom stereocenters. The Bertz CT molecular complexity index is 675. The number of carbonyl (C=O) groups excluding carboxylic acids is 1. The number of aromatic amines is 1. The zero-order valence-electron chi connectivity index (χ0n) is 9.27. The Morgan fingerprint density at radius 3 is 2.72 bits per heavy atom. The molecule has 0 bridgehead atoms. The van der Waals surface area contributed by atoms with E-state index in [1.165, 1.54) is 6.07 Å². The molecular weight excluding hydrogens is 236 g/mol. The lowest BCUT2D eigenvalue weighted by atomic mass is 10.1. The van der Waals surface area contributed by atoms with Crippen molar-refractivity contribution in [2.24, 2.45) is 0 Å². The maximum Gasteiger partial charge on any atom is 0.322 e. The second-order valence-electron chi connectivity index (χ2n) is 3.68. The van der Waals surface area contributed by atoms with Crippen molar-refractivity contribution in [3.63, 3.8) is 0 Å². The van der Waals surface area contributed by atoms with Crippen LogP contribution in [-0.4, -0.2) is 28.5 Å². The van der Waals surface area contributed by atoms with Gasteiger partial charge in [0, 0.05) is 5.52 Å². The number of hydrogen-bond donors (Lipinski definition) is 3. The summed E-state index contributed by atoms with van der Waals surface area (Å²) in [6, 6.07) is 8.45. The number of benzene rings is 1. The number of aliphatic carboxylic acids is 1. The minimum absolute atomic E-state index is 0.102. The zero-order chi connectivity index (χ0) is 13.1. The molecule has 0 aliphatic heterocycles. The molecule has 1 aromatic heterocycles. The van der Waals surface area contributed by atoms with Gasteiger partial charge in [-0.1, -0.05) is 18.2 Å². The van der Waals surface area contributed by atoms with Gasteiger partial charge in [0.15, 0.2) is 0 Å². The van der Waals surface area contributed by atoms with Crippen molar-refractivity contribution in [3.8, 4) is 0 Å². The van der Waals surface area contributed by atoms with Crippen LogP contribution in [0.5, 0.6) is 0 Å². The van der Waals surface area contributed by atoms with Crippen LogP contribution < -0.4 is 10.9 Å². The molecule has 0 unspecified atom stereocenters. The number of carbonyl (C=O) groups is 2. The Morgan fingerprint density at radius 2 is 2.00 bits per heavy atom. The van der Waals surface area contributed by atoms with Crippen molar-refractivity contribution in [1.82, 2.24) is 10.3 Å². The van der Waals surface area contributed by atoms with Gasteiger partial charge in [-0.3, -0.25) is 14.4 Å². The molecule has 6 heteroatoms. The summed E-state index contributed by atoms with van der Waals surface area (Å²) in [7, 11) is 0. The summed E-state index contributed by atoms with van der Waals surface area (Å²) in [5.41, 5.74) is -0.0242. The average Bonchev–Trinajstić information content (AvgIpc) is 2.35. The molecule has 1 heterocycles. The molecule has 1 amide bonds. The Kier molecular flexibility index (Phi) is 3.09. The smallest absolute Gasteiger partial charge is 0.322 e. The fourth-order valence-corrected chi connectivity index (χ4v) is 1.57. The molecule has 2 rings (SSSR count). The number of rotatable bonds is 3. The lowest BCUT2D eigenvalue weighted by Gasteiger charge is -2.03. The Morgan fingerprint density at radius 1 is 1.28 bits per heavy atom. The fraction of sp³-hybridized carbons (Fsp3) is 0.0833. The highest BCUT2D eigenvalue weighted by molar-refractivity contribution is 5.98. The number of para-hydroxylation sites is 1. The van der Waals surface area contributed by atoms with Gasteiger partial charge in [-0.15, -0.1) is 0 Å². The SMILES string of the molecule is O=C(O)CNC(=O)c1cc2ccccc2[nH]c1=O. The molecular formula is C12H10N2O4. The number of aromatic nitrogens is 1. The van der Waals surface area contributed by atoms with E-state index in [0.29, 0.717) is 10.9 Å². The van der Waals surface area contributed by atoms with E-state index in [4.69, 9.17) is 5.11 Å². The molecule has 0 spiro atoms. The van der Waals surface area contributed by atoms with Crippen LogP contribution in [0, 0.1) is 0 Å². The molecule has 0 saturated heterocycles. The topological polar surface area (TPSA) is 99.3 Å². The summed E-state index contributed by atoms with van der Waals surface area (Å²) in [6.45, 7) is -0.523. The predicted octanol–water partition coefficient (Wildman–Crippen LogP) is 0.342. The van der Waals surface area contributed by atoms with Crippen LogP contribution in [0.3, 0.4) is 0 Å². The highest BCUT2D eigenvalue weighted by Crippen LogP contribution is 2.09. The summed E-state index contributed by atoms with van der Waals surface area (Å²) < 4.78 is 0. The van der Waals surface area contributed by atoms with Crippen molar-refractivity contribution in [2.45, 2.75) is 0 Å². The molecule has 0 saturated carbocycles. The second kappa shape index (κ2) is 4.70. The first kappa shape index (κ1) is 11.8. The van der Waals surface area contributed by atoms with Gasteiger partial charge in [0.05, 0.1) is 0 Å². The van der Waals surface area contributed by atoms with Crippen LogP contribution in [0.2, 0.25) is 0 Å². The number of H-pyrrole nitrogens is 1. The van der Waals surface area contributed by atoms with E-state index in [9.17, 15) is 14.4 Å². The number of hydrogen-bond acceptors (Lipinski definition) is 3. The molecule has 92 valence electrons. The molecule has 2 aromatic rings. The fourth-order valence-electron chi connectivity index (χ4n) is 1.57. The minimum Gasteiger partial charge on any atom is -0.480 e. The van der Waals surface area contributed by atoms with E-state index in [0.717, 1.165) is 0 Å². The molecule has 0 aliphatic carbocycles. The quantitative estimate of drug-likeness (QED) is 0.727. The van der Waals surface area contributed by atoms with Crippen molar-refractivity contribution in [3.05, 3.63) is 46.2 Å². The number of carboxylic acids is 1. The summed E-state index contributed by atoms with van der Waals surface area (Å²) in [5, 5.41) is 11.3. The van der Waals surface area contributed by atoms with E-state index in [2.05, 4.69) is 10.3 Å². The lowest BCUT2D eigenvalue weighted by molar-refractivity contribution is -0.135. The van der Waals surface area contributed by atoms with Gasteiger partial charge < -0.3 is 15.4 Å². The Hall–Kier alpha value is -2.63. The Balaban J connectivity index is 2.38. The molecule has 0 aliphatic rings. The Labute approximate surface area is 101 Å². The van der Waals surface area contributed by atoms with Crippen LogP contribution in [0.1, 0.15) is 10.4 Å². The van der Waals surface area contributed by atoms with Crippen molar-refractivity contribution in [2.75, 3.05) is 6.54 Å². The third-order valence-electron chi connectivity index (χ3n) is 2.40. The second-order valence-corrected chi connectivity index (χ2v) is 3.68. The first-order valence-corrected chi connectivity index (χ1v) is 5.20. The van der Waals surface area contributed by atoms with E-state index < -0.39 is 24.0 Å². The lowest BCUT2D eigenvalue weighted by Crippen LogP contribution is -2.33. The van der Waals surface area contributed by atoms with Gasteiger partial charge in [-0.2, -0.15) is 0 Å². The van der Waals surface area contributed by atoms with Gasteiger partial charge >= 0.3 is 5.97 Å². The van der Waals surface area contributed by atoms with Gasteiger partial charge in [0.25, 0.3) is 11.5 Å².